The average molecular weight is 952 g/mol. The Hall–Kier alpha value is -9.02. The second-order valence-electron chi connectivity index (χ2n) is 18.5. The lowest BCUT2D eigenvalue weighted by Gasteiger charge is -2.26. The molecule has 1 aromatic heterocycles. The number of H-pyrrole nitrogens is 2. The zero-order chi connectivity index (χ0) is 50.4. The van der Waals surface area contributed by atoms with Crippen molar-refractivity contribution in [1.29, 1.82) is 0 Å². The molecule has 0 spiro atoms. The SMILES string of the molecule is COc1ccc(C(C)(C)c2ccc(Oc3ccc(C(=O)c4ccc(Oc5ccc(C(C)(C)c6ccc(Oc7ccc(C(=Nc8c[nH]c(=O)[nH]c8=O)c8ccc(C)cc8)cc7)cc6)cc5)cc4)cc3)cc2)cc1. The summed E-state index contributed by atoms with van der Waals surface area (Å²) >= 11 is 0. The molecule has 0 aliphatic rings. The van der Waals surface area contributed by atoms with E-state index in [-0.39, 0.29) is 22.3 Å². The maximum Gasteiger partial charge on any atom is 0.325 e. The number of nitrogens with one attached hydrogen (secondary N) is 2. The highest BCUT2D eigenvalue weighted by atomic mass is 16.5. The topological polar surface area (TPSA) is 132 Å². The van der Waals surface area contributed by atoms with Crippen molar-refractivity contribution in [3.05, 3.63) is 271 Å². The number of rotatable bonds is 16. The van der Waals surface area contributed by atoms with Crippen molar-refractivity contribution < 1.29 is 23.7 Å². The van der Waals surface area contributed by atoms with Crippen LogP contribution in [0.25, 0.3) is 0 Å². The van der Waals surface area contributed by atoms with E-state index < -0.39 is 11.2 Å². The number of aryl methyl sites for hydroxylation is 1. The molecule has 0 atom stereocenters. The van der Waals surface area contributed by atoms with E-state index in [0.29, 0.717) is 51.3 Å². The maximum atomic E-state index is 13.4. The smallest absolute Gasteiger partial charge is 0.325 e. The second-order valence-corrected chi connectivity index (χ2v) is 18.5. The van der Waals surface area contributed by atoms with Crippen molar-refractivity contribution in [1.82, 2.24) is 9.97 Å². The van der Waals surface area contributed by atoms with Gasteiger partial charge >= 0.3 is 5.69 Å². The standard InChI is InChI=1S/C62H53N3O7/c1-40-7-9-41(10-8-40)57(64-56-39-63-60(68)65-59(56)67)42-11-25-50(26-12-42)70-53-33-21-47(22-34-53)62(4,5)48-23-37-55(38-24-48)72-52-29-15-44(16-30-52)58(66)43-13-27-51(28-14-43)71-54-35-19-46(20-36-54)61(2,3)45-17-31-49(69-6)32-18-45/h7-39H,1-6H3,(H2,63,65,67,68). The van der Waals surface area contributed by atoms with Gasteiger partial charge in [0.2, 0.25) is 0 Å². The number of aromatic amines is 2. The zero-order valence-electron chi connectivity index (χ0n) is 40.9. The summed E-state index contributed by atoms with van der Waals surface area (Å²) in [4.78, 5) is 46.9. The van der Waals surface area contributed by atoms with Crippen LogP contribution in [0.3, 0.4) is 0 Å². The molecule has 0 saturated carbocycles. The molecule has 0 aliphatic carbocycles. The number of benzene rings is 8. The molecule has 72 heavy (non-hydrogen) atoms. The van der Waals surface area contributed by atoms with Crippen LogP contribution in [0.5, 0.6) is 40.2 Å². The van der Waals surface area contributed by atoms with E-state index in [4.69, 9.17) is 18.9 Å². The highest BCUT2D eigenvalue weighted by molar-refractivity contribution is 6.14. The van der Waals surface area contributed by atoms with Gasteiger partial charge in [-0.25, -0.2) is 9.79 Å². The normalized spacial score (nSPS) is 11.7. The summed E-state index contributed by atoms with van der Waals surface area (Å²) in [6.07, 6.45) is 1.31. The third-order valence-corrected chi connectivity index (χ3v) is 13.0. The number of hydrogen-bond donors (Lipinski definition) is 2. The summed E-state index contributed by atoms with van der Waals surface area (Å²) in [5, 5.41) is 0. The van der Waals surface area contributed by atoms with Gasteiger partial charge in [0.25, 0.3) is 5.56 Å². The molecule has 0 aliphatic heterocycles. The molecule has 1 heterocycles. The number of carbonyl (C=O) groups is 1. The third kappa shape index (κ3) is 10.9. The summed E-state index contributed by atoms with van der Waals surface area (Å²) in [5.41, 5.74) is 7.30. The lowest BCUT2D eigenvalue weighted by Crippen LogP contribution is -2.21. The number of nitrogens with zero attached hydrogens (tertiary/aromatic N) is 1. The van der Waals surface area contributed by atoms with Crippen LogP contribution in [-0.2, 0) is 10.8 Å². The first-order valence-electron chi connectivity index (χ1n) is 23.5. The van der Waals surface area contributed by atoms with Crippen molar-refractivity contribution in [3.8, 4) is 40.2 Å². The molecule has 0 fully saturated rings. The molecular weight excluding hydrogens is 899 g/mol. The summed E-state index contributed by atoms with van der Waals surface area (Å²) in [7, 11) is 1.67. The number of carbonyl (C=O) groups excluding carboxylic acids is 1. The van der Waals surface area contributed by atoms with E-state index >= 15 is 0 Å². The van der Waals surface area contributed by atoms with Crippen LogP contribution in [0.15, 0.2) is 215 Å². The number of ketones is 1. The Morgan fingerprint density at radius 3 is 1.07 bits per heavy atom. The highest BCUT2D eigenvalue weighted by Gasteiger charge is 2.25. The predicted octanol–water partition coefficient (Wildman–Crippen LogP) is 13.8. The average Bonchev–Trinajstić information content (AvgIpc) is 3.40. The van der Waals surface area contributed by atoms with E-state index in [1.54, 1.807) is 43.5 Å². The van der Waals surface area contributed by atoms with Crippen molar-refractivity contribution in [2.75, 3.05) is 7.11 Å². The molecule has 0 bridgehead atoms. The zero-order valence-corrected chi connectivity index (χ0v) is 40.9. The quantitative estimate of drug-likeness (QED) is 0.0728. The van der Waals surface area contributed by atoms with Crippen LogP contribution in [0.1, 0.15) is 82.6 Å². The van der Waals surface area contributed by atoms with E-state index in [1.807, 2.05) is 116 Å². The minimum Gasteiger partial charge on any atom is -0.497 e. The Morgan fingerprint density at radius 1 is 0.431 bits per heavy atom. The molecule has 10 nitrogen and oxygen atoms in total. The molecule has 0 radical (unpaired) electrons. The van der Waals surface area contributed by atoms with Gasteiger partial charge in [-0.15, -0.1) is 0 Å². The van der Waals surface area contributed by atoms with Crippen LogP contribution in [0, 0.1) is 6.92 Å². The van der Waals surface area contributed by atoms with Crippen LogP contribution >= 0.6 is 0 Å². The first-order valence-corrected chi connectivity index (χ1v) is 23.5. The minimum atomic E-state index is -0.595. The Bertz CT molecular complexity index is 3470. The molecule has 358 valence electrons. The van der Waals surface area contributed by atoms with Crippen molar-refractivity contribution in [3.63, 3.8) is 0 Å². The third-order valence-electron chi connectivity index (χ3n) is 13.0. The predicted molar refractivity (Wildman–Crippen MR) is 284 cm³/mol. The largest absolute Gasteiger partial charge is 0.497 e. The van der Waals surface area contributed by atoms with Crippen molar-refractivity contribution in [2.45, 2.75) is 45.4 Å². The molecule has 9 aromatic rings. The van der Waals surface area contributed by atoms with Gasteiger partial charge < -0.3 is 23.9 Å². The fourth-order valence-electron chi connectivity index (χ4n) is 8.38. The summed E-state index contributed by atoms with van der Waals surface area (Å²) < 4.78 is 23.9. The fourth-order valence-corrected chi connectivity index (χ4v) is 8.38. The summed E-state index contributed by atoms with van der Waals surface area (Å²) in [6, 6.07) is 62.0. The molecule has 9 rings (SSSR count). The van der Waals surface area contributed by atoms with Gasteiger partial charge in [0.05, 0.1) is 12.8 Å². The maximum absolute atomic E-state index is 13.4. The van der Waals surface area contributed by atoms with Crippen LogP contribution in [0.4, 0.5) is 5.69 Å². The van der Waals surface area contributed by atoms with Crippen LogP contribution in [0.2, 0.25) is 0 Å². The Balaban J connectivity index is 0.785. The number of hydrogen-bond acceptors (Lipinski definition) is 8. The Labute approximate surface area is 418 Å². The summed E-state index contributed by atoms with van der Waals surface area (Å²) in [6.45, 7) is 10.7. The molecule has 8 aromatic carbocycles. The Kier molecular flexibility index (Phi) is 13.7. The van der Waals surface area contributed by atoms with E-state index in [1.165, 1.54) is 11.8 Å². The molecule has 0 amide bonds. The van der Waals surface area contributed by atoms with E-state index in [0.717, 1.165) is 39.1 Å². The first kappa shape index (κ1) is 48.0. The molecule has 2 N–H and O–H groups in total. The number of methoxy groups -OCH3 is 1. The van der Waals surface area contributed by atoms with Crippen molar-refractivity contribution in [2.24, 2.45) is 4.99 Å². The van der Waals surface area contributed by atoms with Crippen molar-refractivity contribution >= 4 is 17.2 Å². The number of ether oxygens (including phenoxy) is 4. The highest BCUT2D eigenvalue weighted by Crippen LogP contribution is 2.37. The Morgan fingerprint density at radius 2 is 0.736 bits per heavy atom. The molecule has 10 heteroatoms. The number of aliphatic imine (C=N–C) groups is 1. The first-order chi connectivity index (χ1) is 34.7. The van der Waals surface area contributed by atoms with Gasteiger partial charge in [0.1, 0.15) is 45.9 Å². The van der Waals surface area contributed by atoms with Gasteiger partial charge in [-0.05, 0) is 151 Å². The second kappa shape index (κ2) is 20.5. The summed E-state index contributed by atoms with van der Waals surface area (Å²) in [5.74, 6) is 4.69. The van der Waals surface area contributed by atoms with Crippen LogP contribution < -0.4 is 30.2 Å². The van der Waals surface area contributed by atoms with Gasteiger partial charge in [0.15, 0.2) is 5.78 Å². The lowest BCUT2D eigenvalue weighted by atomic mass is 9.78. The van der Waals surface area contributed by atoms with Gasteiger partial charge in [-0.2, -0.15) is 0 Å². The molecule has 0 saturated heterocycles. The van der Waals surface area contributed by atoms with E-state index in [2.05, 4.69) is 91.2 Å². The monoisotopic (exact) mass is 951 g/mol. The van der Waals surface area contributed by atoms with Crippen LogP contribution in [-0.4, -0.2) is 28.6 Å². The number of aromatic nitrogens is 2. The lowest BCUT2D eigenvalue weighted by molar-refractivity contribution is 0.103. The van der Waals surface area contributed by atoms with Gasteiger partial charge in [-0.3, -0.25) is 14.6 Å². The van der Waals surface area contributed by atoms with Gasteiger partial charge in [0, 0.05) is 39.3 Å². The molecular formula is C62H53N3O7. The molecule has 0 unspecified atom stereocenters. The van der Waals surface area contributed by atoms with Gasteiger partial charge in [-0.1, -0.05) is 106 Å². The minimum absolute atomic E-state index is 0.0893. The fraction of sp³-hybridized carbons (Fsp3) is 0.129. The van der Waals surface area contributed by atoms with E-state index in [9.17, 15) is 14.4 Å².